The van der Waals surface area contributed by atoms with Crippen LogP contribution in [0, 0.1) is 0 Å². The van der Waals surface area contributed by atoms with Gasteiger partial charge in [-0.25, -0.2) is 4.68 Å². The largest absolute Gasteiger partial charge is 0.383 e. The van der Waals surface area contributed by atoms with Crippen molar-refractivity contribution in [2.45, 2.75) is 13.1 Å². The van der Waals surface area contributed by atoms with E-state index in [-0.39, 0.29) is 0 Å². The Morgan fingerprint density at radius 1 is 1.32 bits per heavy atom. The van der Waals surface area contributed by atoms with Crippen LogP contribution in [0.15, 0.2) is 34.9 Å². The quantitative estimate of drug-likeness (QED) is 0.789. The Morgan fingerprint density at radius 3 is 2.84 bits per heavy atom. The molecule has 0 saturated heterocycles. The molecule has 0 radical (unpaired) electrons. The molecule has 0 amide bonds. The van der Waals surface area contributed by atoms with Crippen molar-refractivity contribution in [2.75, 3.05) is 20.3 Å². The van der Waals surface area contributed by atoms with Gasteiger partial charge in [0.25, 0.3) is 0 Å². The highest BCUT2D eigenvalue weighted by atomic mass is 79.9. The fourth-order valence-electron chi connectivity index (χ4n) is 1.66. The van der Waals surface area contributed by atoms with E-state index in [1.807, 2.05) is 23.0 Å². The molecule has 2 aromatic rings. The molecular formula is C13H17BrN4O. The smallest absolute Gasteiger partial charge is 0.0964 e. The number of halogens is 1. The highest BCUT2D eigenvalue weighted by Crippen LogP contribution is 2.11. The monoisotopic (exact) mass is 324 g/mol. The highest BCUT2D eigenvalue weighted by molar-refractivity contribution is 9.10. The number of benzene rings is 1. The second kappa shape index (κ2) is 7.37. The summed E-state index contributed by atoms with van der Waals surface area (Å²) < 4.78 is 7.89. The molecule has 0 atom stereocenters. The van der Waals surface area contributed by atoms with Crippen molar-refractivity contribution in [1.82, 2.24) is 20.3 Å². The molecule has 2 rings (SSSR count). The van der Waals surface area contributed by atoms with E-state index in [0.29, 0.717) is 13.2 Å². The van der Waals surface area contributed by atoms with E-state index in [2.05, 4.69) is 43.7 Å². The second-order valence-electron chi connectivity index (χ2n) is 4.20. The topological polar surface area (TPSA) is 52.0 Å². The van der Waals surface area contributed by atoms with E-state index in [0.717, 1.165) is 23.3 Å². The summed E-state index contributed by atoms with van der Waals surface area (Å²) in [5.41, 5.74) is 2.14. The summed E-state index contributed by atoms with van der Waals surface area (Å²) in [6, 6.07) is 8.20. The molecule has 0 spiro atoms. The van der Waals surface area contributed by atoms with Crippen molar-refractivity contribution in [2.24, 2.45) is 0 Å². The van der Waals surface area contributed by atoms with Crippen molar-refractivity contribution < 1.29 is 4.74 Å². The van der Waals surface area contributed by atoms with Crippen LogP contribution < -0.4 is 5.32 Å². The van der Waals surface area contributed by atoms with E-state index >= 15 is 0 Å². The zero-order valence-corrected chi connectivity index (χ0v) is 12.4. The van der Waals surface area contributed by atoms with Gasteiger partial charge in [0, 0.05) is 24.7 Å². The molecule has 6 heteroatoms. The predicted octanol–water partition coefficient (Wildman–Crippen LogP) is 1.82. The summed E-state index contributed by atoms with van der Waals surface area (Å²) in [5.74, 6) is 0. The first-order valence-electron chi connectivity index (χ1n) is 6.11. The van der Waals surface area contributed by atoms with Crippen LogP contribution in [-0.2, 0) is 17.8 Å². The Morgan fingerprint density at radius 2 is 2.11 bits per heavy atom. The lowest BCUT2D eigenvalue weighted by Crippen LogP contribution is -2.18. The van der Waals surface area contributed by atoms with Crippen molar-refractivity contribution in [3.8, 4) is 0 Å². The van der Waals surface area contributed by atoms with Crippen LogP contribution >= 0.6 is 15.9 Å². The Labute approximate surface area is 121 Å². The van der Waals surface area contributed by atoms with Gasteiger partial charge in [-0.15, -0.1) is 5.10 Å². The number of methoxy groups -OCH3 is 1. The predicted molar refractivity (Wildman–Crippen MR) is 76.8 cm³/mol. The van der Waals surface area contributed by atoms with E-state index < -0.39 is 0 Å². The number of nitrogens with one attached hydrogen (secondary N) is 1. The molecule has 1 aromatic heterocycles. The van der Waals surface area contributed by atoms with E-state index in [9.17, 15) is 0 Å². The van der Waals surface area contributed by atoms with Gasteiger partial charge in [-0.1, -0.05) is 33.3 Å². The molecular weight excluding hydrogens is 308 g/mol. The fraction of sp³-hybridized carbons (Fsp3) is 0.385. The van der Waals surface area contributed by atoms with Crippen molar-refractivity contribution in [3.63, 3.8) is 0 Å². The summed E-state index contributed by atoms with van der Waals surface area (Å²) in [4.78, 5) is 0. The van der Waals surface area contributed by atoms with Crippen LogP contribution in [0.3, 0.4) is 0 Å². The number of hydrogen-bond donors (Lipinski definition) is 1. The molecule has 0 aliphatic rings. The van der Waals surface area contributed by atoms with Crippen LogP contribution in [0.1, 0.15) is 11.3 Å². The van der Waals surface area contributed by atoms with E-state index in [1.165, 1.54) is 5.56 Å². The van der Waals surface area contributed by atoms with Gasteiger partial charge in [0.05, 0.1) is 25.0 Å². The SMILES string of the molecule is COCCNCc1cn(Cc2ccc(Br)cc2)nn1. The summed E-state index contributed by atoms with van der Waals surface area (Å²) in [6.45, 7) is 2.96. The zero-order valence-electron chi connectivity index (χ0n) is 10.8. The lowest BCUT2D eigenvalue weighted by Gasteiger charge is -2.01. The average molecular weight is 325 g/mol. The first kappa shape index (κ1) is 14.2. The van der Waals surface area contributed by atoms with Gasteiger partial charge in [0.2, 0.25) is 0 Å². The molecule has 1 heterocycles. The van der Waals surface area contributed by atoms with E-state index in [1.54, 1.807) is 7.11 Å². The Hall–Kier alpha value is -1.24. The molecule has 1 aromatic carbocycles. The van der Waals surface area contributed by atoms with Gasteiger partial charge < -0.3 is 10.1 Å². The molecule has 0 fully saturated rings. The summed E-state index contributed by atoms with van der Waals surface area (Å²) >= 11 is 3.42. The lowest BCUT2D eigenvalue weighted by atomic mass is 10.2. The van der Waals surface area contributed by atoms with Gasteiger partial charge in [-0.3, -0.25) is 0 Å². The summed E-state index contributed by atoms with van der Waals surface area (Å²) in [7, 11) is 1.69. The standard InChI is InChI=1S/C13H17BrN4O/c1-19-7-6-15-8-13-10-18(17-16-13)9-11-2-4-12(14)5-3-11/h2-5,10,15H,6-9H2,1H3. The maximum absolute atomic E-state index is 4.97. The van der Waals surface area contributed by atoms with Gasteiger partial charge >= 0.3 is 0 Å². The van der Waals surface area contributed by atoms with Gasteiger partial charge in [0.1, 0.15) is 0 Å². The first-order chi connectivity index (χ1) is 9.28. The second-order valence-corrected chi connectivity index (χ2v) is 5.12. The number of aromatic nitrogens is 3. The molecule has 0 unspecified atom stereocenters. The van der Waals surface area contributed by atoms with Crippen LogP contribution in [0.2, 0.25) is 0 Å². The van der Waals surface area contributed by atoms with E-state index in [4.69, 9.17) is 4.74 Å². The molecule has 5 nitrogen and oxygen atoms in total. The van der Waals surface area contributed by atoms with Gasteiger partial charge in [0.15, 0.2) is 0 Å². The molecule has 19 heavy (non-hydrogen) atoms. The third-order valence-corrected chi connectivity index (χ3v) is 3.16. The maximum atomic E-state index is 4.97. The maximum Gasteiger partial charge on any atom is 0.0964 e. The number of ether oxygens (including phenoxy) is 1. The van der Waals surface area contributed by atoms with Crippen LogP contribution in [0.4, 0.5) is 0 Å². The molecule has 0 aliphatic heterocycles. The Bertz CT molecular complexity index is 498. The Balaban J connectivity index is 1.85. The van der Waals surface area contributed by atoms with Crippen molar-refractivity contribution in [3.05, 3.63) is 46.2 Å². The fourth-order valence-corrected chi connectivity index (χ4v) is 1.93. The minimum absolute atomic E-state index is 0.701. The normalized spacial score (nSPS) is 10.8. The average Bonchev–Trinajstić information content (AvgIpc) is 2.85. The molecule has 102 valence electrons. The third-order valence-electron chi connectivity index (χ3n) is 2.63. The van der Waals surface area contributed by atoms with Gasteiger partial charge in [-0.2, -0.15) is 0 Å². The first-order valence-corrected chi connectivity index (χ1v) is 6.90. The summed E-state index contributed by atoms with van der Waals surface area (Å²) in [5, 5.41) is 11.5. The van der Waals surface area contributed by atoms with Crippen LogP contribution in [0.5, 0.6) is 0 Å². The van der Waals surface area contributed by atoms with Crippen LogP contribution in [0.25, 0.3) is 0 Å². The van der Waals surface area contributed by atoms with Gasteiger partial charge in [-0.05, 0) is 17.7 Å². The third kappa shape index (κ3) is 4.74. The Kier molecular flexibility index (Phi) is 5.50. The minimum atomic E-state index is 0.701. The molecule has 0 saturated carbocycles. The number of hydrogen-bond acceptors (Lipinski definition) is 4. The molecule has 1 N–H and O–H groups in total. The highest BCUT2D eigenvalue weighted by Gasteiger charge is 2.01. The lowest BCUT2D eigenvalue weighted by molar-refractivity contribution is 0.199. The van der Waals surface area contributed by atoms with Crippen molar-refractivity contribution in [1.29, 1.82) is 0 Å². The summed E-state index contributed by atoms with van der Waals surface area (Å²) in [6.07, 6.45) is 1.96. The van der Waals surface area contributed by atoms with Crippen molar-refractivity contribution >= 4 is 15.9 Å². The zero-order chi connectivity index (χ0) is 13.5. The molecule has 0 bridgehead atoms. The number of rotatable bonds is 7. The number of nitrogens with zero attached hydrogens (tertiary/aromatic N) is 3. The minimum Gasteiger partial charge on any atom is -0.383 e. The van der Waals surface area contributed by atoms with Crippen LogP contribution in [-0.4, -0.2) is 35.3 Å². The molecule has 0 aliphatic carbocycles.